The van der Waals surface area contributed by atoms with Gasteiger partial charge in [0.25, 0.3) is 0 Å². The molecule has 0 aliphatic carbocycles. The molecule has 0 saturated carbocycles. The summed E-state index contributed by atoms with van der Waals surface area (Å²) in [6.07, 6.45) is 2.07. The average Bonchev–Trinajstić information content (AvgIpc) is 3.02. The lowest BCUT2D eigenvalue weighted by atomic mass is 10.0. The number of thioether (sulfide) groups is 1. The third-order valence-corrected chi connectivity index (χ3v) is 5.34. The highest BCUT2D eigenvalue weighted by atomic mass is 32.2. The van der Waals surface area contributed by atoms with Crippen molar-refractivity contribution in [3.05, 3.63) is 71.3 Å². The van der Waals surface area contributed by atoms with Crippen molar-refractivity contribution in [2.75, 3.05) is 12.8 Å². The summed E-state index contributed by atoms with van der Waals surface area (Å²) in [6.45, 7) is 3.17. The van der Waals surface area contributed by atoms with Crippen molar-refractivity contribution in [1.82, 2.24) is 19.8 Å². The lowest BCUT2D eigenvalue weighted by Crippen LogP contribution is -2.21. The number of aliphatic imine (C=N–C) groups is 1. The fourth-order valence-electron chi connectivity index (χ4n) is 3.22. The number of benzene rings is 2. The minimum atomic E-state index is 0.313. The summed E-state index contributed by atoms with van der Waals surface area (Å²) < 4.78 is 2.03. The molecule has 7 heteroatoms. The lowest BCUT2D eigenvalue weighted by molar-refractivity contribution is -0.0967. The molecule has 27 heavy (non-hydrogen) atoms. The van der Waals surface area contributed by atoms with Gasteiger partial charge in [-0.1, -0.05) is 37.3 Å². The minimum Gasteiger partial charge on any atom is -0.314 e. The molecule has 0 unspecified atom stereocenters. The van der Waals surface area contributed by atoms with E-state index >= 15 is 0 Å². The van der Waals surface area contributed by atoms with E-state index in [1.165, 1.54) is 9.96 Å². The fourth-order valence-corrected chi connectivity index (χ4v) is 3.66. The van der Waals surface area contributed by atoms with Crippen LogP contribution in [0.4, 0.5) is 0 Å². The highest BCUT2D eigenvalue weighted by Crippen LogP contribution is 2.29. The van der Waals surface area contributed by atoms with Crippen molar-refractivity contribution in [3.8, 4) is 5.69 Å². The molecule has 0 amide bonds. The molecule has 1 aliphatic rings. The van der Waals surface area contributed by atoms with Crippen molar-refractivity contribution in [2.45, 2.75) is 24.9 Å². The lowest BCUT2D eigenvalue weighted by Gasteiger charge is -2.16. The predicted octanol–water partition coefficient (Wildman–Crippen LogP) is 3.55. The Balaban J connectivity index is 1.90. The molecule has 2 heterocycles. The molecule has 0 bridgehead atoms. The Morgan fingerprint density at radius 1 is 1.15 bits per heavy atom. The normalized spacial score (nSPS) is 13.1. The smallest absolute Gasteiger partial charge is 0.159 e. The van der Waals surface area contributed by atoms with Crippen molar-refractivity contribution in [3.63, 3.8) is 0 Å². The monoisotopic (exact) mass is 379 g/mol. The molecule has 1 aliphatic heterocycles. The molecule has 0 radical (unpaired) electrons. The van der Waals surface area contributed by atoms with Gasteiger partial charge in [0.05, 0.1) is 17.9 Å². The molecule has 3 aromatic rings. The van der Waals surface area contributed by atoms with Crippen LogP contribution >= 0.6 is 11.8 Å². The van der Waals surface area contributed by atoms with Gasteiger partial charge in [0.1, 0.15) is 6.54 Å². The maximum absolute atomic E-state index is 9.98. The first-order chi connectivity index (χ1) is 13.2. The quantitative estimate of drug-likeness (QED) is 0.542. The van der Waals surface area contributed by atoms with Crippen molar-refractivity contribution in [2.24, 2.45) is 4.99 Å². The van der Waals surface area contributed by atoms with Crippen LogP contribution in [-0.4, -0.2) is 43.5 Å². The Kier molecular flexibility index (Phi) is 5.07. The van der Waals surface area contributed by atoms with E-state index in [-0.39, 0.29) is 0 Å². The van der Waals surface area contributed by atoms with Crippen LogP contribution in [0.2, 0.25) is 0 Å². The molecule has 0 spiro atoms. The van der Waals surface area contributed by atoms with E-state index in [1.807, 2.05) is 29.7 Å². The molecular formula is C20H21N5OS. The highest BCUT2D eigenvalue weighted by Gasteiger charge is 2.23. The Morgan fingerprint density at radius 2 is 1.96 bits per heavy atom. The number of hydroxylamine groups is 2. The number of fused-ring (bicyclic) bond motifs is 3. The Labute approximate surface area is 162 Å². The zero-order valence-electron chi connectivity index (χ0n) is 15.3. The van der Waals surface area contributed by atoms with E-state index < -0.39 is 0 Å². The van der Waals surface area contributed by atoms with Crippen LogP contribution in [0.1, 0.15) is 29.7 Å². The topological polar surface area (TPSA) is 66.5 Å². The number of nitrogens with zero attached hydrogens (tertiary/aromatic N) is 5. The minimum absolute atomic E-state index is 0.313. The SMILES string of the molecule is CCN(O)Cc1nnc2n1-c1ccc(SC)cc1C(c1ccccc1)=NC2. The van der Waals surface area contributed by atoms with E-state index in [0.29, 0.717) is 25.5 Å². The Bertz CT molecular complexity index is 983. The average molecular weight is 379 g/mol. The molecule has 1 N–H and O–H groups in total. The summed E-state index contributed by atoms with van der Waals surface area (Å²) in [5, 5.41) is 19.9. The van der Waals surface area contributed by atoms with Crippen molar-refractivity contribution in [1.29, 1.82) is 0 Å². The van der Waals surface area contributed by atoms with E-state index in [0.717, 1.165) is 28.4 Å². The van der Waals surface area contributed by atoms with Crippen LogP contribution < -0.4 is 0 Å². The Morgan fingerprint density at radius 3 is 2.70 bits per heavy atom. The molecule has 6 nitrogen and oxygen atoms in total. The van der Waals surface area contributed by atoms with Crippen molar-refractivity contribution < 1.29 is 5.21 Å². The van der Waals surface area contributed by atoms with Gasteiger partial charge in [0, 0.05) is 22.6 Å². The van der Waals surface area contributed by atoms with Crippen LogP contribution in [-0.2, 0) is 13.1 Å². The van der Waals surface area contributed by atoms with Gasteiger partial charge in [0.15, 0.2) is 11.6 Å². The first-order valence-electron chi connectivity index (χ1n) is 8.87. The van der Waals surface area contributed by atoms with Gasteiger partial charge in [0.2, 0.25) is 0 Å². The highest BCUT2D eigenvalue weighted by molar-refractivity contribution is 7.98. The van der Waals surface area contributed by atoms with Crippen molar-refractivity contribution >= 4 is 17.5 Å². The van der Waals surface area contributed by atoms with Gasteiger partial charge in [-0.25, -0.2) is 0 Å². The summed E-state index contributed by atoms with van der Waals surface area (Å²) in [5.74, 6) is 1.48. The molecule has 4 rings (SSSR count). The van der Waals surface area contributed by atoms with E-state index in [4.69, 9.17) is 4.99 Å². The van der Waals surface area contributed by atoms with Crippen LogP contribution in [0.3, 0.4) is 0 Å². The van der Waals surface area contributed by atoms with Gasteiger partial charge >= 0.3 is 0 Å². The number of aromatic nitrogens is 3. The second-order valence-corrected chi connectivity index (χ2v) is 7.14. The molecule has 1 aromatic heterocycles. The standard InChI is InChI=1S/C20H21N5OS/c1-3-24(26)13-19-23-22-18-12-21-20(14-7-5-4-6-8-14)16-11-15(27-2)9-10-17(16)25(18)19/h4-11,26H,3,12-13H2,1-2H3. The molecule has 0 saturated heterocycles. The van der Waals surface area contributed by atoms with Crippen LogP contribution in [0.5, 0.6) is 0 Å². The van der Waals surface area contributed by atoms with Gasteiger partial charge < -0.3 is 5.21 Å². The Hall–Kier alpha value is -2.48. The van der Waals surface area contributed by atoms with E-state index in [1.54, 1.807) is 11.8 Å². The second kappa shape index (κ2) is 7.64. The van der Waals surface area contributed by atoms with E-state index in [9.17, 15) is 5.21 Å². The maximum Gasteiger partial charge on any atom is 0.159 e. The predicted molar refractivity (Wildman–Crippen MR) is 107 cm³/mol. The molecule has 0 atom stereocenters. The summed E-state index contributed by atoms with van der Waals surface area (Å²) in [4.78, 5) is 6.05. The summed E-state index contributed by atoms with van der Waals surface area (Å²) in [5.41, 5.74) is 4.07. The molecule has 138 valence electrons. The van der Waals surface area contributed by atoms with Crippen LogP contribution in [0, 0.1) is 0 Å². The maximum atomic E-state index is 9.98. The number of rotatable bonds is 5. The molecular weight excluding hydrogens is 358 g/mol. The zero-order valence-corrected chi connectivity index (χ0v) is 16.1. The second-order valence-electron chi connectivity index (χ2n) is 6.26. The molecule has 2 aromatic carbocycles. The zero-order chi connectivity index (χ0) is 18.8. The van der Waals surface area contributed by atoms with Gasteiger partial charge in [-0.15, -0.1) is 22.0 Å². The van der Waals surface area contributed by atoms with Crippen LogP contribution in [0.15, 0.2) is 58.4 Å². The first kappa shape index (κ1) is 17.9. The van der Waals surface area contributed by atoms with Crippen LogP contribution in [0.25, 0.3) is 5.69 Å². The van der Waals surface area contributed by atoms with Gasteiger partial charge in [-0.3, -0.25) is 9.56 Å². The van der Waals surface area contributed by atoms with E-state index in [2.05, 4.69) is 46.8 Å². The molecule has 0 fully saturated rings. The number of hydrogen-bond donors (Lipinski definition) is 1. The number of hydrogen-bond acceptors (Lipinski definition) is 6. The third-order valence-electron chi connectivity index (χ3n) is 4.61. The third kappa shape index (κ3) is 3.41. The summed E-state index contributed by atoms with van der Waals surface area (Å²) >= 11 is 1.70. The van der Waals surface area contributed by atoms with Gasteiger partial charge in [-0.05, 0) is 24.5 Å². The fraction of sp³-hybridized carbons (Fsp3) is 0.250. The first-order valence-corrected chi connectivity index (χ1v) is 10.1. The summed E-state index contributed by atoms with van der Waals surface area (Å²) in [7, 11) is 0. The summed E-state index contributed by atoms with van der Waals surface area (Å²) in [6, 6.07) is 16.6. The van der Waals surface area contributed by atoms with Gasteiger partial charge in [-0.2, -0.15) is 5.06 Å². The largest absolute Gasteiger partial charge is 0.314 e.